The van der Waals surface area contributed by atoms with E-state index in [2.05, 4.69) is 10.3 Å². The summed E-state index contributed by atoms with van der Waals surface area (Å²) in [5.41, 5.74) is 0.0979. The van der Waals surface area contributed by atoms with E-state index in [1.165, 1.54) is 19.2 Å². The van der Waals surface area contributed by atoms with Crippen molar-refractivity contribution >= 4 is 11.7 Å². The van der Waals surface area contributed by atoms with E-state index in [4.69, 9.17) is 9.84 Å². The number of carbonyl (C=O) groups is 1. The highest BCUT2D eigenvalue weighted by Gasteiger charge is 2.18. The average molecular weight is 257 g/mol. The molecule has 0 saturated heterocycles. The molecule has 1 atom stereocenters. The van der Waals surface area contributed by atoms with Gasteiger partial charge in [-0.1, -0.05) is 0 Å². The molecular weight excluding hydrogens is 242 g/mol. The highest BCUT2D eigenvalue weighted by molar-refractivity contribution is 5.93. The third-order valence-corrected chi connectivity index (χ3v) is 2.29. The summed E-state index contributed by atoms with van der Waals surface area (Å²) in [6.07, 6.45) is 0.350. The largest absolute Gasteiger partial charge is 0.396 e. The summed E-state index contributed by atoms with van der Waals surface area (Å²) in [6.45, 7) is 0.175. The number of aromatic nitrogens is 1. The number of ether oxygens (including phenoxy) is 1. The zero-order valence-electron chi connectivity index (χ0n) is 9.88. The van der Waals surface area contributed by atoms with E-state index >= 15 is 0 Å². The molecular formula is C10H15N3O5. The van der Waals surface area contributed by atoms with Crippen molar-refractivity contribution in [1.82, 2.24) is 10.3 Å². The highest BCUT2D eigenvalue weighted by atomic mass is 16.6. The predicted octanol–water partition coefficient (Wildman–Crippen LogP) is 0.0501. The third kappa shape index (κ3) is 3.82. The molecule has 18 heavy (non-hydrogen) atoms. The summed E-state index contributed by atoms with van der Waals surface area (Å²) in [5, 5.41) is 21.9. The molecule has 0 bridgehead atoms. The van der Waals surface area contributed by atoms with Crippen LogP contribution in [0.2, 0.25) is 0 Å². The second kappa shape index (κ2) is 6.72. The van der Waals surface area contributed by atoms with Crippen molar-refractivity contribution in [3.63, 3.8) is 0 Å². The van der Waals surface area contributed by atoms with Crippen molar-refractivity contribution in [3.8, 4) is 0 Å². The molecule has 0 fully saturated rings. The lowest BCUT2D eigenvalue weighted by Gasteiger charge is -2.15. The standard InChI is InChI=1S/C10H15N3O5/c1-18-6-7(4-5-14)11-10(15)8-2-3-9(12-8)13(16)17/h2-3,7,12,14H,4-6H2,1H3,(H,11,15). The average Bonchev–Trinajstić information content (AvgIpc) is 2.79. The number of aliphatic hydroxyl groups excluding tert-OH is 1. The number of nitrogens with one attached hydrogen (secondary N) is 2. The van der Waals surface area contributed by atoms with E-state index < -0.39 is 10.8 Å². The number of aromatic amines is 1. The molecule has 0 aliphatic heterocycles. The Kier molecular flexibility index (Phi) is 5.28. The van der Waals surface area contributed by atoms with Crippen molar-refractivity contribution in [3.05, 3.63) is 27.9 Å². The first-order chi connectivity index (χ1) is 8.58. The van der Waals surface area contributed by atoms with Crippen LogP contribution in [0.5, 0.6) is 0 Å². The van der Waals surface area contributed by atoms with Crippen LogP contribution in [0.25, 0.3) is 0 Å². The SMILES string of the molecule is COCC(CCO)NC(=O)c1ccc([N+](=O)[O-])[nH]1. The Bertz CT molecular complexity index is 411. The third-order valence-electron chi connectivity index (χ3n) is 2.29. The number of nitro groups is 1. The quantitative estimate of drug-likeness (QED) is 0.471. The number of methoxy groups -OCH3 is 1. The minimum absolute atomic E-state index is 0.0841. The van der Waals surface area contributed by atoms with Crippen molar-refractivity contribution in [2.24, 2.45) is 0 Å². The van der Waals surface area contributed by atoms with Crippen LogP contribution in [0.1, 0.15) is 16.9 Å². The van der Waals surface area contributed by atoms with Crippen molar-refractivity contribution in [2.75, 3.05) is 20.3 Å². The smallest absolute Gasteiger partial charge is 0.321 e. The summed E-state index contributed by atoms with van der Waals surface area (Å²) in [5.74, 6) is -0.718. The lowest BCUT2D eigenvalue weighted by atomic mass is 10.2. The summed E-state index contributed by atoms with van der Waals surface area (Å²) in [4.78, 5) is 24.0. The van der Waals surface area contributed by atoms with E-state index in [0.29, 0.717) is 6.42 Å². The summed E-state index contributed by atoms with van der Waals surface area (Å²) in [7, 11) is 1.48. The topological polar surface area (TPSA) is 117 Å². The lowest BCUT2D eigenvalue weighted by Crippen LogP contribution is -2.38. The molecule has 1 aromatic rings. The Morgan fingerprint density at radius 3 is 2.89 bits per heavy atom. The first-order valence-electron chi connectivity index (χ1n) is 5.32. The Balaban J connectivity index is 2.64. The Morgan fingerprint density at radius 2 is 2.39 bits per heavy atom. The van der Waals surface area contributed by atoms with Gasteiger partial charge in [-0.3, -0.25) is 4.79 Å². The van der Waals surface area contributed by atoms with Crippen LogP contribution < -0.4 is 5.32 Å². The monoisotopic (exact) mass is 257 g/mol. The van der Waals surface area contributed by atoms with Gasteiger partial charge in [-0.05, 0) is 17.4 Å². The van der Waals surface area contributed by atoms with Crippen LogP contribution in [-0.4, -0.2) is 47.3 Å². The van der Waals surface area contributed by atoms with Crippen LogP contribution in [0.3, 0.4) is 0 Å². The maximum absolute atomic E-state index is 11.7. The van der Waals surface area contributed by atoms with Crippen LogP contribution in [-0.2, 0) is 4.74 Å². The van der Waals surface area contributed by atoms with Crippen LogP contribution >= 0.6 is 0 Å². The molecule has 1 unspecified atom stereocenters. The number of hydrogen-bond donors (Lipinski definition) is 3. The molecule has 0 aromatic carbocycles. The molecule has 1 amide bonds. The van der Waals surface area contributed by atoms with Gasteiger partial charge < -0.3 is 25.3 Å². The fourth-order valence-corrected chi connectivity index (χ4v) is 1.44. The Labute approximate surface area is 103 Å². The van der Waals surface area contributed by atoms with E-state index in [1.807, 2.05) is 0 Å². The lowest BCUT2D eigenvalue weighted by molar-refractivity contribution is -0.389. The van der Waals surface area contributed by atoms with Gasteiger partial charge in [-0.25, -0.2) is 4.98 Å². The zero-order valence-corrected chi connectivity index (χ0v) is 9.88. The molecule has 3 N–H and O–H groups in total. The van der Waals surface area contributed by atoms with E-state index in [-0.39, 0.29) is 30.8 Å². The van der Waals surface area contributed by atoms with E-state index in [9.17, 15) is 14.9 Å². The highest BCUT2D eigenvalue weighted by Crippen LogP contribution is 2.10. The fourth-order valence-electron chi connectivity index (χ4n) is 1.44. The van der Waals surface area contributed by atoms with Gasteiger partial charge in [-0.15, -0.1) is 0 Å². The predicted molar refractivity (Wildman–Crippen MR) is 62.3 cm³/mol. The second-order valence-corrected chi connectivity index (χ2v) is 3.65. The second-order valence-electron chi connectivity index (χ2n) is 3.65. The fraction of sp³-hybridized carbons (Fsp3) is 0.500. The molecule has 1 heterocycles. The van der Waals surface area contributed by atoms with Gasteiger partial charge in [0.1, 0.15) is 0 Å². The van der Waals surface area contributed by atoms with Gasteiger partial charge in [-0.2, -0.15) is 0 Å². The molecule has 0 radical (unpaired) electrons. The molecule has 0 aliphatic rings. The number of amides is 1. The number of nitrogens with zero attached hydrogens (tertiary/aromatic N) is 1. The molecule has 1 aromatic heterocycles. The number of rotatable bonds is 7. The summed E-state index contributed by atoms with van der Waals surface area (Å²) >= 11 is 0. The normalized spacial score (nSPS) is 12.1. The Morgan fingerprint density at radius 1 is 1.67 bits per heavy atom. The van der Waals surface area contributed by atoms with Gasteiger partial charge in [0.25, 0.3) is 5.91 Å². The van der Waals surface area contributed by atoms with Crippen LogP contribution in [0, 0.1) is 10.1 Å². The summed E-state index contributed by atoms with van der Waals surface area (Å²) in [6, 6.07) is 2.21. The van der Waals surface area contributed by atoms with Gasteiger partial charge in [0.05, 0.1) is 12.6 Å². The van der Waals surface area contributed by atoms with E-state index in [0.717, 1.165) is 0 Å². The maximum atomic E-state index is 11.7. The molecule has 0 aliphatic carbocycles. The minimum Gasteiger partial charge on any atom is -0.396 e. The van der Waals surface area contributed by atoms with Gasteiger partial charge >= 0.3 is 5.82 Å². The van der Waals surface area contributed by atoms with Gasteiger partial charge in [0.15, 0.2) is 5.69 Å². The number of aliphatic hydroxyl groups is 1. The van der Waals surface area contributed by atoms with E-state index in [1.54, 1.807) is 0 Å². The van der Waals surface area contributed by atoms with Gasteiger partial charge in [0, 0.05) is 19.8 Å². The van der Waals surface area contributed by atoms with Crippen molar-refractivity contribution < 1.29 is 19.6 Å². The molecule has 100 valence electrons. The number of H-pyrrole nitrogens is 1. The van der Waals surface area contributed by atoms with Crippen LogP contribution in [0.4, 0.5) is 5.82 Å². The first-order valence-corrected chi connectivity index (χ1v) is 5.32. The maximum Gasteiger partial charge on any atom is 0.321 e. The van der Waals surface area contributed by atoms with Crippen LogP contribution in [0.15, 0.2) is 12.1 Å². The Hall–Kier alpha value is -1.93. The minimum atomic E-state index is -0.614. The zero-order chi connectivity index (χ0) is 13.5. The molecule has 1 rings (SSSR count). The molecule has 8 nitrogen and oxygen atoms in total. The summed E-state index contributed by atoms with van der Waals surface area (Å²) < 4.78 is 4.89. The molecule has 0 saturated carbocycles. The molecule has 8 heteroatoms. The first kappa shape index (κ1) is 14.1. The number of carbonyl (C=O) groups excluding carboxylic acids is 1. The van der Waals surface area contributed by atoms with Gasteiger partial charge in [0.2, 0.25) is 0 Å². The van der Waals surface area contributed by atoms with Crippen molar-refractivity contribution in [1.29, 1.82) is 0 Å². The number of hydrogen-bond acceptors (Lipinski definition) is 5. The molecule has 0 spiro atoms. The van der Waals surface area contributed by atoms with Crippen molar-refractivity contribution in [2.45, 2.75) is 12.5 Å².